The van der Waals surface area contributed by atoms with Gasteiger partial charge in [-0.1, -0.05) is 18.2 Å². The second-order valence-corrected chi connectivity index (χ2v) is 6.10. The molecule has 0 fully saturated rings. The number of aromatic nitrogens is 4. The lowest BCUT2D eigenvalue weighted by atomic mass is 10.1. The van der Waals surface area contributed by atoms with Crippen LogP contribution in [0.15, 0.2) is 48.8 Å². The number of tetrazole rings is 1. The summed E-state index contributed by atoms with van der Waals surface area (Å²) in [4.78, 5) is 12.3. The lowest BCUT2D eigenvalue weighted by Crippen LogP contribution is -2.28. The zero-order valence-electron chi connectivity index (χ0n) is 13.4. The Labute approximate surface area is 143 Å². The Bertz CT molecular complexity index is 892. The molecule has 0 saturated carbocycles. The summed E-state index contributed by atoms with van der Waals surface area (Å²) in [6, 6.07) is 12.1. The van der Waals surface area contributed by atoms with Crippen molar-refractivity contribution in [2.45, 2.75) is 25.3 Å². The number of aryl methyl sites for hydroxylation is 1. The number of halogens is 1. The van der Waals surface area contributed by atoms with Crippen LogP contribution in [0.25, 0.3) is 5.69 Å². The minimum Gasteiger partial charge on any atom is -0.349 e. The van der Waals surface area contributed by atoms with Gasteiger partial charge in [0.15, 0.2) is 0 Å². The molecule has 0 saturated heterocycles. The van der Waals surface area contributed by atoms with Gasteiger partial charge in [-0.2, -0.15) is 0 Å². The van der Waals surface area contributed by atoms with E-state index in [1.807, 2.05) is 24.3 Å². The summed E-state index contributed by atoms with van der Waals surface area (Å²) in [5.41, 5.74) is 3.72. The Hall–Kier alpha value is -3.09. The molecule has 0 radical (unpaired) electrons. The zero-order valence-corrected chi connectivity index (χ0v) is 13.4. The van der Waals surface area contributed by atoms with Crippen LogP contribution in [0.4, 0.5) is 4.39 Å². The van der Waals surface area contributed by atoms with E-state index in [9.17, 15) is 9.18 Å². The van der Waals surface area contributed by atoms with Crippen LogP contribution in [-0.4, -0.2) is 26.1 Å². The number of carbonyl (C=O) groups is 1. The van der Waals surface area contributed by atoms with E-state index in [1.54, 1.807) is 10.7 Å². The second kappa shape index (κ2) is 6.43. The first-order valence-corrected chi connectivity index (χ1v) is 8.09. The summed E-state index contributed by atoms with van der Waals surface area (Å²) in [6.07, 6.45) is 3.46. The molecule has 25 heavy (non-hydrogen) atoms. The zero-order chi connectivity index (χ0) is 17.2. The molecular weight excluding hydrogens is 321 g/mol. The van der Waals surface area contributed by atoms with Gasteiger partial charge in [-0.3, -0.25) is 4.79 Å². The van der Waals surface area contributed by atoms with E-state index in [4.69, 9.17) is 0 Å². The fourth-order valence-electron chi connectivity index (χ4n) is 3.20. The maximum atomic E-state index is 13.4. The van der Waals surface area contributed by atoms with Crippen molar-refractivity contribution in [2.24, 2.45) is 0 Å². The fourth-order valence-corrected chi connectivity index (χ4v) is 3.20. The molecule has 1 amide bonds. The van der Waals surface area contributed by atoms with Gasteiger partial charge in [0, 0.05) is 0 Å². The minimum absolute atomic E-state index is 0.0720. The van der Waals surface area contributed by atoms with Gasteiger partial charge >= 0.3 is 0 Å². The average Bonchev–Trinajstić information content (AvgIpc) is 3.26. The third-order valence-electron chi connectivity index (χ3n) is 4.44. The van der Waals surface area contributed by atoms with Crippen molar-refractivity contribution in [2.75, 3.05) is 0 Å². The van der Waals surface area contributed by atoms with Gasteiger partial charge in [0.1, 0.15) is 12.1 Å². The third-order valence-corrected chi connectivity index (χ3v) is 4.44. The highest BCUT2D eigenvalue weighted by atomic mass is 19.1. The number of carbonyl (C=O) groups excluding carboxylic acids is 1. The molecule has 1 aliphatic carbocycles. The molecule has 1 heterocycles. The molecule has 7 heteroatoms. The molecule has 0 spiro atoms. The Morgan fingerprint density at radius 2 is 2.08 bits per heavy atom. The molecule has 3 aromatic rings. The number of rotatable bonds is 4. The van der Waals surface area contributed by atoms with Crippen molar-refractivity contribution in [3.05, 3.63) is 71.3 Å². The molecule has 0 aliphatic heterocycles. The molecule has 1 aromatic heterocycles. The molecule has 1 atom stereocenters. The molecule has 0 unspecified atom stereocenters. The third kappa shape index (κ3) is 3.26. The van der Waals surface area contributed by atoms with Gasteiger partial charge in [-0.05, 0) is 64.2 Å². The predicted molar refractivity (Wildman–Crippen MR) is 88.5 cm³/mol. The quantitative estimate of drug-likeness (QED) is 0.792. The van der Waals surface area contributed by atoms with Crippen LogP contribution in [-0.2, 0) is 17.6 Å². The summed E-state index contributed by atoms with van der Waals surface area (Å²) in [5.74, 6) is -0.338. The Kier molecular flexibility index (Phi) is 3.97. The van der Waals surface area contributed by atoms with E-state index in [-0.39, 0.29) is 24.2 Å². The summed E-state index contributed by atoms with van der Waals surface area (Å²) >= 11 is 0. The normalized spacial score (nSPS) is 15.8. The second-order valence-electron chi connectivity index (χ2n) is 6.10. The van der Waals surface area contributed by atoms with Crippen LogP contribution < -0.4 is 5.32 Å². The van der Waals surface area contributed by atoms with E-state index in [2.05, 4.69) is 20.8 Å². The largest absolute Gasteiger partial charge is 0.349 e. The number of nitrogens with one attached hydrogen (secondary N) is 1. The monoisotopic (exact) mass is 337 g/mol. The number of fused-ring (bicyclic) bond motifs is 1. The summed E-state index contributed by atoms with van der Waals surface area (Å²) in [5, 5.41) is 14.0. The van der Waals surface area contributed by atoms with Gasteiger partial charge in [-0.25, -0.2) is 9.07 Å². The molecule has 4 rings (SSSR count). The van der Waals surface area contributed by atoms with E-state index in [0.29, 0.717) is 0 Å². The van der Waals surface area contributed by atoms with Gasteiger partial charge in [-0.15, -0.1) is 5.10 Å². The van der Waals surface area contributed by atoms with E-state index < -0.39 is 0 Å². The highest BCUT2D eigenvalue weighted by Crippen LogP contribution is 2.31. The Morgan fingerprint density at radius 3 is 2.84 bits per heavy atom. The van der Waals surface area contributed by atoms with E-state index >= 15 is 0 Å². The van der Waals surface area contributed by atoms with Crippen LogP contribution in [0.3, 0.4) is 0 Å². The number of hydrogen-bond acceptors (Lipinski definition) is 4. The molecule has 126 valence electrons. The van der Waals surface area contributed by atoms with E-state index in [1.165, 1.54) is 18.5 Å². The number of hydrogen-bond donors (Lipinski definition) is 1. The molecule has 0 bridgehead atoms. The smallest absolute Gasteiger partial charge is 0.224 e. The van der Waals surface area contributed by atoms with Crippen LogP contribution in [0.2, 0.25) is 0 Å². The average molecular weight is 337 g/mol. The highest BCUT2D eigenvalue weighted by molar-refractivity contribution is 5.79. The summed E-state index contributed by atoms with van der Waals surface area (Å²) in [7, 11) is 0. The highest BCUT2D eigenvalue weighted by Gasteiger charge is 2.24. The van der Waals surface area contributed by atoms with Crippen molar-refractivity contribution >= 4 is 5.91 Å². The van der Waals surface area contributed by atoms with Crippen molar-refractivity contribution in [1.82, 2.24) is 25.5 Å². The molecule has 6 nitrogen and oxygen atoms in total. The SMILES string of the molecule is O=C(Cc1ccc(-n2cnnn2)cc1)N[C@@H]1CCc2ccc(F)cc21. The predicted octanol–water partition coefficient (Wildman–Crippen LogP) is 2.15. The minimum atomic E-state index is -0.266. The Morgan fingerprint density at radius 1 is 1.24 bits per heavy atom. The number of benzene rings is 2. The van der Waals surface area contributed by atoms with Gasteiger partial charge in [0.25, 0.3) is 0 Å². The molecule has 1 aliphatic rings. The number of amides is 1. The molecule has 1 N–H and O–H groups in total. The van der Waals surface area contributed by atoms with Gasteiger partial charge in [0.2, 0.25) is 5.91 Å². The van der Waals surface area contributed by atoms with Crippen LogP contribution in [0, 0.1) is 5.82 Å². The summed E-state index contributed by atoms with van der Waals surface area (Å²) < 4.78 is 15.0. The van der Waals surface area contributed by atoms with Crippen LogP contribution >= 0.6 is 0 Å². The summed E-state index contributed by atoms with van der Waals surface area (Å²) in [6.45, 7) is 0. The van der Waals surface area contributed by atoms with Crippen LogP contribution in [0.1, 0.15) is 29.2 Å². The van der Waals surface area contributed by atoms with Crippen LogP contribution in [0.5, 0.6) is 0 Å². The topological polar surface area (TPSA) is 72.7 Å². The lowest BCUT2D eigenvalue weighted by Gasteiger charge is -2.14. The maximum Gasteiger partial charge on any atom is 0.224 e. The maximum absolute atomic E-state index is 13.4. The molecule has 2 aromatic carbocycles. The first-order valence-electron chi connectivity index (χ1n) is 8.09. The van der Waals surface area contributed by atoms with Crippen molar-refractivity contribution in [3.63, 3.8) is 0 Å². The van der Waals surface area contributed by atoms with Crippen molar-refractivity contribution in [1.29, 1.82) is 0 Å². The van der Waals surface area contributed by atoms with Gasteiger partial charge < -0.3 is 5.32 Å². The number of nitrogens with zero attached hydrogens (tertiary/aromatic N) is 4. The fraction of sp³-hybridized carbons (Fsp3) is 0.222. The first-order chi connectivity index (χ1) is 12.2. The standard InChI is InChI=1S/C18H16FN5O/c19-14-5-3-13-4-8-17(16(13)10-14)21-18(25)9-12-1-6-15(7-2-12)24-11-20-22-23-24/h1-3,5-7,10-11,17H,4,8-9H2,(H,21,25)/t17-/m1/s1. The molecular formula is C18H16FN5O. The van der Waals surface area contributed by atoms with Crippen molar-refractivity contribution < 1.29 is 9.18 Å². The van der Waals surface area contributed by atoms with Crippen molar-refractivity contribution in [3.8, 4) is 5.69 Å². The lowest BCUT2D eigenvalue weighted by molar-refractivity contribution is -0.121. The Balaban J connectivity index is 1.41. The van der Waals surface area contributed by atoms with Gasteiger partial charge in [0.05, 0.1) is 18.2 Å². The van der Waals surface area contributed by atoms with E-state index in [0.717, 1.165) is 35.2 Å². The first kappa shape index (κ1) is 15.4.